The third-order valence-electron chi connectivity index (χ3n) is 3.43. The summed E-state index contributed by atoms with van der Waals surface area (Å²) in [5, 5.41) is 2.53. The molecule has 4 nitrogen and oxygen atoms in total. The Balaban J connectivity index is 1.90. The summed E-state index contributed by atoms with van der Waals surface area (Å²) in [4.78, 5) is 15.5. The van der Waals surface area contributed by atoms with Gasteiger partial charge in [0.1, 0.15) is 0 Å². The van der Waals surface area contributed by atoms with E-state index in [4.69, 9.17) is 4.42 Å². The average molecular weight is 310 g/mol. The molecule has 0 spiro atoms. The zero-order chi connectivity index (χ0) is 15.7. The molecule has 1 aromatic heterocycles. The molecule has 1 aliphatic carbocycles. The van der Waals surface area contributed by atoms with E-state index < -0.39 is 11.7 Å². The quantitative estimate of drug-likeness (QED) is 0.925. The molecule has 0 bridgehead atoms. The number of alkyl halides is 3. The monoisotopic (exact) mass is 310 g/mol. The largest absolute Gasteiger partial charge is 0.444 e. The molecular weight excluding hydrogens is 297 g/mol. The molecule has 0 saturated heterocycles. The fraction of sp³-hybridized carbons (Fsp3) is 0.333. The Labute approximate surface area is 124 Å². The molecule has 1 fully saturated rings. The van der Waals surface area contributed by atoms with Gasteiger partial charge < -0.3 is 9.73 Å². The van der Waals surface area contributed by atoms with E-state index in [1.54, 1.807) is 0 Å². The number of hydrogen-bond donors (Lipinski definition) is 1. The molecule has 7 heteroatoms. The average Bonchev–Trinajstić information content (AvgIpc) is 3.07. The van der Waals surface area contributed by atoms with Crippen molar-refractivity contribution in [3.63, 3.8) is 0 Å². The number of carbonyl (C=O) groups is 1. The number of nitrogens with one attached hydrogen (secondary N) is 1. The van der Waals surface area contributed by atoms with Crippen molar-refractivity contribution in [3.05, 3.63) is 36.4 Å². The first-order chi connectivity index (χ1) is 10.4. The number of nitrogens with zero attached hydrogens (tertiary/aromatic N) is 1. The van der Waals surface area contributed by atoms with Crippen LogP contribution in [0.15, 0.2) is 35.2 Å². The molecule has 1 aliphatic rings. The van der Waals surface area contributed by atoms with Crippen molar-refractivity contribution in [2.75, 3.05) is 5.32 Å². The molecule has 1 aromatic carbocycles. The van der Waals surface area contributed by atoms with Gasteiger partial charge in [0.15, 0.2) is 12.2 Å². The van der Waals surface area contributed by atoms with Gasteiger partial charge in [-0.3, -0.25) is 4.79 Å². The van der Waals surface area contributed by atoms with Crippen molar-refractivity contribution in [1.29, 1.82) is 0 Å². The molecule has 1 heterocycles. The zero-order valence-electron chi connectivity index (χ0n) is 11.5. The lowest BCUT2D eigenvalue weighted by atomic mass is 10.1. The van der Waals surface area contributed by atoms with Crippen molar-refractivity contribution in [1.82, 2.24) is 4.98 Å². The van der Waals surface area contributed by atoms with Crippen LogP contribution in [0.4, 0.5) is 18.9 Å². The smallest absolute Gasteiger partial charge is 0.416 e. The van der Waals surface area contributed by atoms with E-state index in [-0.39, 0.29) is 22.9 Å². The molecule has 3 rings (SSSR count). The standard InChI is InChI=1S/C15H13F3N2O2/c16-15(17,18)11-4-10(13-7-19-8-22-13)5-12(6-11)20-14(21)3-9-1-2-9/h4-9H,1-3H2,(H,20,21). The van der Waals surface area contributed by atoms with E-state index in [1.165, 1.54) is 12.3 Å². The number of rotatable bonds is 4. The number of anilines is 1. The minimum atomic E-state index is -4.51. The molecule has 0 radical (unpaired) electrons. The highest BCUT2D eigenvalue weighted by Gasteiger charge is 2.32. The second-order valence-electron chi connectivity index (χ2n) is 5.36. The molecule has 1 amide bonds. The molecule has 0 unspecified atom stereocenters. The van der Waals surface area contributed by atoms with Gasteiger partial charge in [0.2, 0.25) is 5.91 Å². The third kappa shape index (κ3) is 3.47. The van der Waals surface area contributed by atoms with Crippen molar-refractivity contribution in [3.8, 4) is 11.3 Å². The van der Waals surface area contributed by atoms with Gasteiger partial charge in [0.25, 0.3) is 0 Å². The lowest BCUT2D eigenvalue weighted by molar-refractivity contribution is -0.137. The number of hydrogen-bond acceptors (Lipinski definition) is 3. The molecule has 0 aliphatic heterocycles. The lowest BCUT2D eigenvalue weighted by Crippen LogP contribution is -2.13. The topological polar surface area (TPSA) is 55.1 Å². The van der Waals surface area contributed by atoms with Crippen molar-refractivity contribution in [2.45, 2.75) is 25.4 Å². The van der Waals surface area contributed by atoms with Crippen LogP contribution in [0.3, 0.4) is 0 Å². The molecule has 116 valence electrons. The van der Waals surface area contributed by atoms with Gasteiger partial charge in [-0.05, 0) is 37.0 Å². The SMILES string of the molecule is O=C(CC1CC1)Nc1cc(-c2cnco2)cc(C(F)(F)F)c1. The van der Waals surface area contributed by atoms with Gasteiger partial charge in [0.05, 0.1) is 11.8 Å². The highest BCUT2D eigenvalue weighted by molar-refractivity contribution is 5.91. The highest BCUT2D eigenvalue weighted by Crippen LogP contribution is 2.36. The molecule has 1 N–H and O–H groups in total. The van der Waals surface area contributed by atoms with Gasteiger partial charge in [-0.15, -0.1) is 0 Å². The molecule has 2 aromatic rings. The van der Waals surface area contributed by atoms with Gasteiger partial charge in [-0.1, -0.05) is 0 Å². The Hall–Kier alpha value is -2.31. The second kappa shape index (κ2) is 5.47. The third-order valence-corrected chi connectivity index (χ3v) is 3.43. The van der Waals surface area contributed by atoms with Crippen LogP contribution in [0.5, 0.6) is 0 Å². The van der Waals surface area contributed by atoms with Crippen LogP contribution in [0.25, 0.3) is 11.3 Å². The number of aromatic nitrogens is 1. The van der Waals surface area contributed by atoms with Crippen LogP contribution >= 0.6 is 0 Å². The van der Waals surface area contributed by atoms with Crippen LogP contribution in [-0.2, 0) is 11.0 Å². The van der Waals surface area contributed by atoms with Crippen LogP contribution < -0.4 is 5.32 Å². The summed E-state index contributed by atoms with van der Waals surface area (Å²) in [5.74, 6) is 0.300. The summed E-state index contributed by atoms with van der Waals surface area (Å²) in [5.41, 5.74) is -0.524. The Morgan fingerprint density at radius 1 is 1.32 bits per heavy atom. The summed E-state index contributed by atoms with van der Waals surface area (Å²) in [6.07, 6.45) is 0.296. The van der Waals surface area contributed by atoms with Crippen molar-refractivity contribution < 1.29 is 22.4 Å². The maximum Gasteiger partial charge on any atom is 0.416 e. The minimum absolute atomic E-state index is 0.104. The molecule has 1 saturated carbocycles. The number of benzene rings is 1. The van der Waals surface area contributed by atoms with E-state index in [1.807, 2.05) is 0 Å². The van der Waals surface area contributed by atoms with Crippen LogP contribution in [0.2, 0.25) is 0 Å². The van der Waals surface area contributed by atoms with E-state index in [2.05, 4.69) is 10.3 Å². The predicted octanol–water partition coefficient (Wildman–Crippen LogP) is 4.10. The van der Waals surface area contributed by atoms with Gasteiger partial charge in [-0.25, -0.2) is 4.98 Å². The van der Waals surface area contributed by atoms with Crippen LogP contribution in [0, 0.1) is 5.92 Å². The lowest BCUT2D eigenvalue weighted by Gasteiger charge is -2.12. The van der Waals surface area contributed by atoms with Crippen LogP contribution in [0.1, 0.15) is 24.8 Å². The second-order valence-corrected chi connectivity index (χ2v) is 5.36. The van der Waals surface area contributed by atoms with E-state index in [9.17, 15) is 18.0 Å². The normalized spacial score (nSPS) is 14.9. The summed E-state index contributed by atoms with van der Waals surface area (Å²) in [6, 6.07) is 3.34. The molecular formula is C15H13F3N2O2. The van der Waals surface area contributed by atoms with Gasteiger partial charge in [0, 0.05) is 17.7 Å². The predicted molar refractivity (Wildman–Crippen MR) is 72.9 cm³/mol. The Bertz CT molecular complexity index is 677. The fourth-order valence-corrected chi connectivity index (χ4v) is 2.16. The minimum Gasteiger partial charge on any atom is -0.444 e. The molecule has 22 heavy (non-hydrogen) atoms. The fourth-order valence-electron chi connectivity index (χ4n) is 2.16. The first-order valence-corrected chi connectivity index (χ1v) is 6.83. The van der Waals surface area contributed by atoms with E-state index >= 15 is 0 Å². The number of amides is 1. The maximum atomic E-state index is 13.0. The van der Waals surface area contributed by atoms with E-state index in [0.717, 1.165) is 31.4 Å². The van der Waals surface area contributed by atoms with Gasteiger partial charge >= 0.3 is 6.18 Å². The number of oxazole rings is 1. The van der Waals surface area contributed by atoms with Crippen molar-refractivity contribution in [2.24, 2.45) is 5.92 Å². The van der Waals surface area contributed by atoms with E-state index in [0.29, 0.717) is 12.3 Å². The maximum absolute atomic E-state index is 13.0. The highest BCUT2D eigenvalue weighted by atomic mass is 19.4. The summed E-state index contributed by atoms with van der Waals surface area (Å²) in [7, 11) is 0. The summed E-state index contributed by atoms with van der Waals surface area (Å²) < 4.78 is 44.0. The number of carbonyl (C=O) groups excluding carboxylic acids is 1. The Kier molecular flexibility index (Phi) is 3.64. The Morgan fingerprint density at radius 2 is 2.09 bits per heavy atom. The summed E-state index contributed by atoms with van der Waals surface area (Å²) in [6.45, 7) is 0. The Morgan fingerprint density at radius 3 is 2.68 bits per heavy atom. The zero-order valence-corrected chi connectivity index (χ0v) is 11.5. The first-order valence-electron chi connectivity index (χ1n) is 6.83. The molecule has 0 atom stereocenters. The van der Waals surface area contributed by atoms with Crippen molar-refractivity contribution >= 4 is 11.6 Å². The first kappa shape index (κ1) is 14.6. The van der Waals surface area contributed by atoms with Crippen LogP contribution in [-0.4, -0.2) is 10.9 Å². The number of halogens is 3. The summed E-state index contributed by atoms with van der Waals surface area (Å²) >= 11 is 0. The van der Waals surface area contributed by atoms with Gasteiger partial charge in [-0.2, -0.15) is 13.2 Å².